The fourth-order valence-corrected chi connectivity index (χ4v) is 3.49. The van der Waals surface area contributed by atoms with Gasteiger partial charge in [-0.15, -0.1) is 0 Å². The van der Waals surface area contributed by atoms with Crippen molar-refractivity contribution >= 4 is 11.6 Å². The zero-order valence-corrected chi connectivity index (χ0v) is 14.7. The Morgan fingerprint density at radius 1 is 1.21 bits per heavy atom. The summed E-state index contributed by atoms with van der Waals surface area (Å²) in [6, 6.07) is 8.04. The van der Waals surface area contributed by atoms with Gasteiger partial charge in [0.1, 0.15) is 0 Å². The first-order valence-corrected chi connectivity index (χ1v) is 8.97. The summed E-state index contributed by atoms with van der Waals surface area (Å²) in [7, 11) is 0. The van der Waals surface area contributed by atoms with E-state index in [2.05, 4.69) is 30.1 Å². The van der Waals surface area contributed by atoms with E-state index in [1.54, 1.807) is 0 Å². The Morgan fingerprint density at radius 2 is 1.88 bits per heavy atom. The lowest BCUT2D eigenvalue weighted by Gasteiger charge is -2.37. The molecule has 24 heavy (non-hydrogen) atoms. The predicted octanol–water partition coefficient (Wildman–Crippen LogP) is 2.98. The maximum Gasteiger partial charge on any atom is 0.225 e. The minimum atomic E-state index is -0.338. The third-order valence-corrected chi connectivity index (χ3v) is 4.94. The molecule has 0 aromatic heterocycles. The smallest absolute Gasteiger partial charge is 0.225 e. The number of carbonyl (C=O) groups is 1. The van der Waals surface area contributed by atoms with Gasteiger partial charge in [0.15, 0.2) is 5.79 Å². The number of amides is 1. The molecule has 0 atom stereocenters. The van der Waals surface area contributed by atoms with Gasteiger partial charge in [-0.3, -0.25) is 4.79 Å². The van der Waals surface area contributed by atoms with E-state index < -0.39 is 0 Å². The molecule has 1 aromatic rings. The normalized spacial score (nSPS) is 20.6. The number of nitrogens with one attached hydrogen (secondary N) is 1. The number of nitrogens with zero attached hydrogens (tertiary/aromatic N) is 1. The van der Waals surface area contributed by atoms with E-state index in [1.807, 2.05) is 18.2 Å². The van der Waals surface area contributed by atoms with Crippen LogP contribution in [0.1, 0.15) is 44.6 Å². The van der Waals surface area contributed by atoms with Gasteiger partial charge in [-0.1, -0.05) is 32.0 Å². The predicted molar refractivity (Wildman–Crippen MR) is 94.1 cm³/mol. The lowest BCUT2D eigenvalue weighted by Crippen LogP contribution is -2.45. The zero-order valence-electron chi connectivity index (χ0n) is 14.7. The number of likely N-dealkylation sites (tertiary alicyclic amines) is 1. The molecule has 0 aliphatic carbocycles. The summed E-state index contributed by atoms with van der Waals surface area (Å²) < 4.78 is 11.5. The van der Waals surface area contributed by atoms with E-state index in [4.69, 9.17) is 9.47 Å². The van der Waals surface area contributed by atoms with Gasteiger partial charge in [-0.2, -0.15) is 0 Å². The van der Waals surface area contributed by atoms with Gasteiger partial charge in [0, 0.05) is 44.6 Å². The van der Waals surface area contributed by atoms with Crippen molar-refractivity contribution < 1.29 is 14.3 Å². The van der Waals surface area contributed by atoms with Gasteiger partial charge < -0.3 is 19.7 Å². The quantitative estimate of drug-likeness (QED) is 0.901. The minimum Gasteiger partial charge on any atom is -0.347 e. The Balaban J connectivity index is 1.45. The van der Waals surface area contributed by atoms with Crippen LogP contribution < -0.4 is 5.32 Å². The van der Waals surface area contributed by atoms with E-state index in [0.29, 0.717) is 25.6 Å². The summed E-state index contributed by atoms with van der Waals surface area (Å²) in [5.74, 6) is 0.137. The third kappa shape index (κ3) is 4.15. The molecule has 2 heterocycles. The number of piperidine rings is 1. The summed E-state index contributed by atoms with van der Waals surface area (Å²) >= 11 is 0. The number of para-hydroxylation sites is 1. The molecule has 2 saturated heterocycles. The second kappa shape index (κ2) is 7.64. The maximum atomic E-state index is 12.3. The highest BCUT2D eigenvalue weighted by Crippen LogP contribution is 2.31. The Kier molecular flexibility index (Phi) is 5.54. The fraction of sp³-hybridized carbons (Fsp3) is 0.632. The van der Waals surface area contributed by atoms with Crippen molar-refractivity contribution in [1.82, 2.24) is 4.90 Å². The van der Waals surface area contributed by atoms with Crippen molar-refractivity contribution in [2.75, 3.05) is 38.2 Å². The molecule has 2 fully saturated rings. The number of anilines is 1. The van der Waals surface area contributed by atoms with Crippen LogP contribution in [0.4, 0.5) is 5.69 Å². The molecule has 0 bridgehead atoms. The highest BCUT2D eigenvalue weighted by atomic mass is 16.7. The largest absolute Gasteiger partial charge is 0.347 e. The second-order valence-corrected chi connectivity index (χ2v) is 6.99. The lowest BCUT2D eigenvalue weighted by atomic mass is 10.0. The molecule has 1 aromatic carbocycles. The molecule has 1 N–H and O–H groups in total. The van der Waals surface area contributed by atoms with Crippen LogP contribution in [-0.2, 0) is 14.3 Å². The van der Waals surface area contributed by atoms with Crippen molar-refractivity contribution in [2.45, 2.75) is 44.8 Å². The molecule has 0 unspecified atom stereocenters. The topological polar surface area (TPSA) is 50.8 Å². The SMILES string of the molecule is CC(C)c1ccccc1NC(=O)CCN1CCC2(CC1)OCCO2. The summed E-state index contributed by atoms with van der Waals surface area (Å²) in [5.41, 5.74) is 2.11. The van der Waals surface area contributed by atoms with Crippen LogP contribution >= 0.6 is 0 Å². The Bertz CT molecular complexity index is 557. The Hall–Kier alpha value is -1.43. The van der Waals surface area contributed by atoms with Crippen molar-refractivity contribution in [3.8, 4) is 0 Å². The maximum absolute atomic E-state index is 12.3. The highest BCUT2D eigenvalue weighted by Gasteiger charge is 2.39. The van der Waals surface area contributed by atoms with Crippen LogP contribution in [0, 0.1) is 0 Å². The molecule has 132 valence electrons. The van der Waals surface area contributed by atoms with Crippen LogP contribution in [0.15, 0.2) is 24.3 Å². The molecule has 1 spiro atoms. The molecular formula is C19H28N2O3. The fourth-order valence-electron chi connectivity index (χ4n) is 3.49. The van der Waals surface area contributed by atoms with Crippen molar-refractivity contribution in [3.63, 3.8) is 0 Å². The molecular weight excluding hydrogens is 304 g/mol. The van der Waals surface area contributed by atoms with Crippen LogP contribution in [0.2, 0.25) is 0 Å². The first-order chi connectivity index (χ1) is 11.6. The average Bonchev–Trinajstić information content (AvgIpc) is 3.03. The molecule has 2 aliphatic heterocycles. The number of hydrogen-bond donors (Lipinski definition) is 1. The standard InChI is InChI=1S/C19H28N2O3/c1-15(2)16-5-3-4-6-17(16)20-18(22)7-10-21-11-8-19(9-12-21)23-13-14-24-19/h3-6,15H,7-14H2,1-2H3,(H,20,22). The second-order valence-electron chi connectivity index (χ2n) is 6.99. The number of benzene rings is 1. The summed E-state index contributed by atoms with van der Waals surface area (Å²) in [6.45, 7) is 8.33. The Labute approximate surface area is 144 Å². The summed E-state index contributed by atoms with van der Waals surface area (Å²) in [5, 5.41) is 3.07. The molecule has 0 saturated carbocycles. The zero-order chi connectivity index (χ0) is 17.0. The number of rotatable bonds is 5. The Morgan fingerprint density at radius 3 is 2.54 bits per heavy atom. The van der Waals surface area contributed by atoms with E-state index in [-0.39, 0.29) is 11.7 Å². The van der Waals surface area contributed by atoms with Gasteiger partial charge in [-0.25, -0.2) is 0 Å². The molecule has 5 heteroatoms. The number of carbonyl (C=O) groups excluding carboxylic acids is 1. The van der Waals surface area contributed by atoms with Crippen molar-refractivity contribution in [3.05, 3.63) is 29.8 Å². The summed E-state index contributed by atoms with van der Waals surface area (Å²) in [6.07, 6.45) is 2.30. The third-order valence-electron chi connectivity index (χ3n) is 4.94. The molecule has 0 radical (unpaired) electrons. The van der Waals surface area contributed by atoms with E-state index in [1.165, 1.54) is 5.56 Å². The monoisotopic (exact) mass is 332 g/mol. The summed E-state index contributed by atoms with van der Waals surface area (Å²) in [4.78, 5) is 14.6. The number of hydrogen-bond acceptors (Lipinski definition) is 4. The van der Waals surface area contributed by atoms with Crippen LogP contribution in [-0.4, -0.2) is 49.4 Å². The lowest BCUT2D eigenvalue weighted by molar-refractivity contribution is -0.185. The minimum absolute atomic E-state index is 0.0803. The first-order valence-electron chi connectivity index (χ1n) is 8.97. The molecule has 2 aliphatic rings. The highest BCUT2D eigenvalue weighted by molar-refractivity contribution is 5.91. The van der Waals surface area contributed by atoms with E-state index >= 15 is 0 Å². The van der Waals surface area contributed by atoms with Crippen molar-refractivity contribution in [2.24, 2.45) is 0 Å². The molecule has 5 nitrogen and oxygen atoms in total. The molecule has 3 rings (SSSR count). The van der Waals surface area contributed by atoms with Crippen LogP contribution in [0.25, 0.3) is 0 Å². The number of ether oxygens (including phenoxy) is 2. The van der Waals surface area contributed by atoms with Gasteiger partial charge in [-0.05, 0) is 17.5 Å². The first kappa shape index (κ1) is 17.4. The van der Waals surface area contributed by atoms with Crippen LogP contribution in [0.3, 0.4) is 0 Å². The van der Waals surface area contributed by atoms with Crippen molar-refractivity contribution in [1.29, 1.82) is 0 Å². The van der Waals surface area contributed by atoms with E-state index in [0.717, 1.165) is 38.2 Å². The van der Waals surface area contributed by atoms with Gasteiger partial charge in [0.2, 0.25) is 5.91 Å². The van der Waals surface area contributed by atoms with E-state index in [9.17, 15) is 4.79 Å². The molecule has 1 amide bonds. The van der Waals surface area contributed by atoms with Gasteiger partial charge in [0.25, 0.3) is 0 Å². The van der Waals surface area contributed by atoms with Crippen LogP contribution in [0.5, 0.6) is 0 Å². The average molecular weight is 332 g/mol. The van der Waals surface area contributed by atoms with Gasteiger partial charge >= 0.3 is 0 Å². The van der Waals surface area contributed by atoms with Gasteiger partial charge in [0.05, 0.1) is 13.2 Å².